The van der Waals surface area contributed by atoms with E-state index < -0.39 is 23.6 Å². The molecule has 0 fully saturated rings. The first-order chi connectivity index (χ1) is 16.2. The monoisotopic (exact) mass is 466 g/mol. The maximum atomic E-state index is 12.8. The van der Waals surface area contributed by atoms with Crippen LogP contribution in [0.5, 0.6) is 5.75 Å². The summed E-state index contributed by atoms with van der Waals surface area (Å²) in [6.07, 6.45) is -3.25. The minimum atomic E-state index is -4.56. The van der Waals surface area contributed by atoms with Gasteiger partial charge in [-0.2, -0.15) is 18.4 Å². The number of alkyl halides is 3. The van der Waals surface area contributed by atoms with Crippen molar-refractivity contribution in [2.75, 3.05) is 5.32 Å². The van der Waals surface area contributed by atoms with E-state index in [1.165, 1.54) is 24.3 Å². The van der Waals surface area contributed by atoms with E-state index in [4.69, 9.17) is 9.84 Å². The topological polar surface area (TPSA) is 99.4 Å². The van der Waals surface area contributed by atoms with Crippen LogP contribution in [0.3, 0.4) is 0 Å². The molecule has 0 radical (unpaired) electrons. The Morgan fingerprint density at radius 3 is 2.29 bits per heavy atom. The lowest BCUT2D eigenvalue weighted by molar-refractivity contribution is -0.137. The maximum Gasteiger partial charge on any atom is 0.416 e. The molecule has 3 aromatic rings. The summed E-state index contributed by atoms with van der Waals surface area (Å²) in [7, 11) is 0. The summed E-state index contributed by atoms with van der Waals surface area (Å²) in [5, 5.41) is 20.5. The van der Waals surface area contributed by atoms with Gasteiger partial charge in [-0.05, 0) is 59.7 Å². The molecule has 0 saturated carbocycles. The molecular formula is C25H17F3N2O4. The van der Waals surface area contributed by atoms with Crippen LogP contribution in [0.2, 0.25) is 0 Å². The van der Waals surface area contributed by atoms with Gasteiger partial charge in [0.2, 0.25) is 0 Å². The minimum Gasteiger partial charge on any atom is -0.489 e. The highest BCUT2D eigenvalue weighted by Gasteiger charge is 2.30. The molecule has 1 amide bonds. The Labute approximate surface area is 192 Å². The predicted octanol–water partition coefficient (Wildman–Crippen LogP) is 5.53. The normalized spacial score (nSPS) is 11.4. The highest BCUT2D eigenvalue weighted by Crippen LogP contribution is 2.30. The minimum absolute atomic E-state index is 0.0823. The van der Waals surface area contributed by atoms with E-state index in [0.717, 1.165) is 23.8 Å². The fourth-order valence-corrected chi connectivity index (χ4v) is 2.86. The zero-order valence-electron chi connectivity index (χ0n) is 17.5. The summed E-state index contributed by atoms with van der Waals surface area (Å²) < 4.78 is 44.2. The Morgan fingerprint density at radius 2 is 1.71 bits per heavy atom. The van der Waals surface area contributed by atoms with E-state index in [-0.39, 0.29) is 23.4 Å². The molecule has 0 unspecified atom stereocenters. The SMILES string of the molecule is N#CC(=Cc1ccc(OCc2ccc(C(=O)O)cc2)cc1)C(=O)Nc1cccc(C(F)(F)F)c1. The van der Waals surface area contributed by atoms with Crippen molar-refractivity contribution in [3.63, 3.8) is 0 Å². The molecule has 0 spiro atoms. The number of amides is 1. The van der Waals surface area contributed by atoms with Crippen molar-refractivity contribution in [1.82, 2.24) is 0 Å². The Hall–Kier alpha value is -4.58. The largest absolute Gasteiger partial charge is 0.489 e. The molecule has 0 saturated heterocycles. The number of aromatic carboxylic acids is 1. The summed E-state index contributed by atoms with van der Waals surface area (Å²) >= 11 is 0. The second kappa shape index (κ2) is 10.4. The molecule has 0 atom stereocenters. The molecule has 172 valence electrons. The molecule has 0 aliphatic carbocycles. The van der Waals surface area contributed by atoms with Crippen molar-refractivity contribution in [1.29, 1.82) is 5.26 Å². The van der Waals surface area contributed by atoms with Gasteiger partial charge in [0.15, 0.2) is 0 Å². The third-order valence-electron chi connectivity index (χ3n) is 4.61. The number of hydrogen-bond acceptors (Lipinski definition) is 4. The van der Waals surface area contributed by atoms with Crippen LogP contribution in [-0.4, -0.2) is 17.0 Å². The van der Waals surface area contributed by atoms with Gasteiger partial charge in [-0.3, -0.25) is 4.79 Å². The number of carboxylic acids is 1. The zero-order valence-corrected chi connectivity index (χ0v) is 17.5. The van der Waals surface area contributed by atoms with Gasteiger partial charge < -0.3 is 15.2 Å². The van der Waals surface area contributed by atoms with Crippen molar-refractivity contribution < 1.29 is 32.6 Å². The van der Waals surface area contributed by atoms with Crippen molar-refractivity contribution in [2.45, 2.75) is 12.8 Å². The first-order valence-electron chi connectivity index (χ1n) is 9.81. The summed E-state index contributed by atoms with van der Waals surface area (Å²) in [5.74, 6) is -1.35. The molecule has 34 heavy (non-hydrogen) atoms. The van der Waals surface area contributed by atoms with Crippen molar-refractivity contribution in [2.24, 2.45) is 0 Å². The highest BCUT2D eigenvalue weighted by atomic mass is 19.4. The van der Waals surface area contributed by atoms with Gasteiger partial charge in [-0.1, -0.05) is 30.3 Å². The van der Waals surface area contributed by atoms with E-state index in [0.29, 0.717) is 11.3 Å². The lowest BCUT2D eigenvalue weighted by Crippen LogP contribution is -2.14. The first kappa shape index (κ1) is 24.1. The van der Waals surface area contributed by atoms with E-state index >= 15 is 0 Å². The average molecular weight is 466 g/mol. The van der Waals surface area contributed by atoms with E-state index in [2.05, 4.69) is 5.32 Å². The zero-order chi connectivity index (χ0) is 24.7. The van der Waals surface area contributed by atoms with E-state index in [1.807, 2.05) is 0 Å². The Balaban J connectivity index is 1.64. The van der Waals surface area contributed by atoms with Crippen LogP contribution in [0, 0.1) is 11.3 Å². The van der Waals surface area contributed by atoms with Gasteiger partial charge in [0.05, 0.1) is 11.1 Å². The van der Waals surface area contributed by atoms with Crippen LogP contribution < -0.4 is 10.1 Å². The van der Waals surface area contributed by atoms with Crippen LogP contribution in [0.15, 0.2) is 78.4 Å². The number of halogens is 3. The van der Waals surface area contributed by atoms with Crippen molar-refractivity contribution >= 4 is 23.6 Å². The van der Waals surface area contributed by atoms with Crippen molar-refractivity contribution in [3.05, 3.63) is 101 Å². The molecule has 3 aromatic carbocycles. The molecule has 0 aliphatic rings. The summed E-state index contributed by atoms with van der Waals surface area (Å²) in [6, 6.07) is 18.6. The molecule has 2 N–H and O–H groups in total. The standard InChI is InChI=1S/C25H17F3N2O4/c26-25(27,28)20-2-1-3-21(13-20)30-23(31)19(14-29)12-16-6-10-22(11-7-16)34-15-17-4-8-18(9-5-17)24(32)33/h1-13H,15H2,(H,30,31)(H,32,33). The fourth-order valence-electron chi connectivity index (χ4n) is 2.86. The van der Waals surface area contributed by atoms with Gasteiger partial charge in [-0.15, -0.1) is 0 Å². The quantitative estimate of drug-likeness (QED) is 0.352. The second-order valence-electron chi connectivity index (χ2n) is 7.06. The van der Waals surface area contributed by atoms with Crippen molar-refractivity contribution in [3.8, 4) is 11.8 Å². The van der Waals surface area contributed by atoms with Crippen LogP contribution in [-0.2, 0) is 17.6 Å². The summed E-state index contributed by atoms with van der Waals surface area (Å²) in [5.41, 5.74) is 0.165. The van der Waals surface area contributed by atoms with Crippen LogP contribution in [0.1, 0.15) is 27.0 Å². The molecule has 0 aromatic heterocycles. The predicted molar refractivity (Wildman–Crippen MR) is 118 cm³/mol. The van der Waals surface area contributed by atoms with Crippen LogP contribution in [0.25, 0.3) is 6.08 Å². The number of nitrogens with one attached hydrogen (secondary N) is 1. The number of carbonyl (C=O) groups is 2. The lowest BCUT2D eigenvalue weighted by Gasteiger charge is -2.09. The van der Waals surface area contributed by atoms with Crippen LogP contribution >= 0.6 is 0 Å². The third-order valence-corrected chi connectivity index (χ3v) is 4.61. The van der Waals surface area contributed by atoms with Gasteiger partial charge in [0, 0.05) is 5.69 Å². The molecular weight excluding hydrogens is 449 g/mol. The highest BCUT2D eigenvalue weighted by molar-refractivity contribution is 6.09. The lowest BCUT2D eigenvalue weighted by atomic mass is 10.1. The summed E-state index contributed by atoms with van der Waals surface area (Å²) in [4.78, 5) is 23.2. The third kappa shape index (κ3) is 6.46. The summed E-state index contributed by atoms with van der Waals surface area (Å²) in [6.45, 7) is 0.206. The number of ether oxygens (including phenoxy) is 1. The second-order valence-corrected chi connectivity index (χ2v) is 7.06. The molecule has 0 heterocycles. The molecule has 6 nitrogen and oxygen atoms in total. The smallest absolute Gasteiger partial charge is 0.416 e. The Morgan fingerprint density at radius 1 is 1.03 bits per heavy atom. The Kier molecular flexibility index (Phi) is 7.33. The van der Waals surface area contributed by atoms with Gasteiger partial charge in [0.25, 0.3) is 5.91 Å². The molecule has 0 bridgehead atoms. The molecule has 0 aliphatic heterocycles. The van der Waals surface area contributed by atoms with Gasteiger partial charge >= 0.3 is 12.1 Å². The first-order valence-corrected chi connectivity index (χ1v) is 9.81. The molecule has 3 rings (SSSR count). The maximum absolute atomic E-state index is 12.8. The number of carbonyl (C=O) groups excluding carboxylic acids is 1. The van der Waals surface area contributed by atoms with E-state index in [9.17, 15) is 28.0 Å². The number of hydrogen-bond donors (Lipinski definition) is 2. The number of nitrogens with zero attached hydrogens (tertiary/aromatic N) is 1. The number of nitriles is 1. The van der Waals surface area contributed by atoms with Gasteiger partial charge in [-0.25, -0.2) is 4.79 Å². The van der Waals surface area contributed by atoms with Crippen LogP contribution in [0.4, 0.5) is 18.9 Å². The Bertz CT molecular complexity index is 1260. The average Bonchev–Trinajstić information content (AvgIpc) is 2.81. The fraction of sp³-hybridized carbons (Fsp3) is 0.0800. The number of rotatable bonds is 7. The molecule has 9 heteroatoms. The van der Waals surface area contributed by atoms with Gasteiger partial charge in [0.1, 0.15) is 24.0 Å². The van der Waals surface area contributed by atoms with E-state index in [1.54, 1.807) is 42.5 Å². The number of anilines is 1. The number of benzene rings is 3. The number of carboxylic acid groups (broad SMARTS) is 1.